The second kappa shape index (κ2) is 13.3. The molecule has 1 unspecified atom stereocenters. The van der Waals surface area contributed by atoms with Gasteiger partial charge in [-0.05, 0) is 59.9 Å². The van der Waals surface area contributed by atoms with Gasteiger partial charge in [-0.2, -0.15) is 0 Å². The van der Waals surface area contributed by atoms with E-state index in [1.54, 1.807) is 48.3 Å². The van der Waals surface area contributed by atoms with Crippen LogP contribution in [-0.2, 0) is 20.1 Å². The highest BCUT2D eigenvalue weighted by Gasteiger charge is 2.22. The number of likely N-dealkylation sites (tertiary alicyclic amines) is 1. The van der Waals surface area contributed by atoms with Gasteiger partial charge in [0.05, 0.1) is 36.1 Å². The maximum atomic E-state index is 13.5. The summed E-state index contributed by atoms with van der Waals surface area (Å²) in [6.45, 7) is 2.66. The van der Waals surface area contributed by atoms with Gasteiger partial charge in [0.1, 0.15) is 5.82 Å². The van der Waals surface area contributed by atoms with Crippen LogP contribution in [0, 0.1) is 12.3 Å². The van der Waals surface area contributed by atoms with Crippen LogP contribution in [0.15, 0.2) is 65.7 Å². The fraction of sp³-hybridized carbons (Fsp3) is 0.312. The maximum Gasteiger partial charge on any atom is 0.261 e. The van der Waals surface area contributed by atoms with Crippen LogP contribution >= 0.6 is 11.6 Å². The van der Waals surface area contributed by atoms with E-state index in [4.69, 9.17) is 23.0 Å². The number of aliphatic hydroxyl groups excluding tert-OH is 1. The Balaban J connectivity index is 1.41. The number of carbonyl (C=O) groups excluding carboxylic acids is 1. The molecule has 9 nitrogen and oxygen atoms in total. The summed E-state index contributed by atoms with van der Waals surface area (Å²) in [4.78, 5) is 37.3. The molecule has 0 radical (unpaired) electrons. The molecule has 1 aliphatic rings. The zero-order chi connectivity index (χ0) is 29.6. The molecule has 0 bridgehead atoms. The highest BCUT2D eigenvalue weighted by molar-refractivity contribution is 6.32. The van der Waals surface area contributed by atoms with Crippen molar-refractivity contribution in [1.82, 2.24) is 30.1 Å². The molecule has 5 rings (SSSR count). The quantitative estimate of drug-likeness (QED) is 0.259. The van der Waals surface area contributed by atoms with Gasteiger partial charge in [-0.15, -0.1) is 6.42 Å². The smallest absolute Gasteiger partial charge is 0.261 e. The number of pyridine rings is 1. The van der Waals surface area contributed by atoms with E-state index >= 15 is 0 Å². The van der Waals surface area contributed by atoms with E-state index in [0.717, 1.165) is 24.2 Å². The second-order valence-corrected chi connectivity index (χ2v) is 10.9. The first-order valence-electron chi connectivity index (χ1n) is 13.9. The lowest BCUT2D eigenvalue weighted by atomic mass is 9.96. The Bertz CT molecular complexity index is 1660. The largest absolute Gasteiger partial charge is 0.393 e. The predicted octanol–water partition coefficient (Wildman–Crippen LogP) is 3.18. The summed E-state index contributed by atoms with van der Waals surface area (Å²) in [7, 11) is 1.73. The van der Waals surface area contributed by atoms with Gasteiger partial charge >= 0.3 is 0 Å². The van der Waals surface area contributed by atoms with Gasteiger partial charge < -0.3 is 10.4 Å². The van der Waals surface area contributed by atoms with Gasteiger partial charge in [-0.25, -0.2) is 4.98 Å². The number of aliphatic hydroxyl groups is 1. The Labute approximate surface area is 249 Å². The number of aromatic nitrogens is 3. The number of benzene rings is 2. The normalized spacial score (nSPS) is 14.9. The van der Waals surface area contributed by atoms with Gasteiger partial charge in [0.25, 0.3) is 11.5 Å². The molecule has 2 aromatic carbocycles. The summed E-state index contributed by atoms with van der Waals surface area (Å²) in [6.07, 6.45) is 10.1. The minimum atomic E-state index is -0.422. The molecule has 10 heteroatoms. The first-order valence-corrected chi connectivity index (χ1v) is 14.2. The van der Waals surface area contributed by atoms with Crippen LogP contribution in [0.4, 0.5) is 0 Å². The number of halogens is 1. The monoisotopic (exact) mass is 584 g/mol. The van der Waals surface area contributed by atoms with Crippen molar-refractivity contribution in [3.63, 3.8) is 0 Å². The second-order valence-electron chi connectivity index (χ2n) is 10.5. The molecule has 0 aliphatic carbocycles. The molecule has 3 N–H and O–H groups in total. The Morgan fingerprint density at radius 3 is 2.67 bits per heavy atom. The predicted molar refractivity (Wildman–Crippen MR) is 163 cm³/mol. The van der Waals surface area contributed by atoms with E-state index in [0.29, 0.717) is 58.8 Å². The van der Waals surface area contributed by atoms with Crippen LogP contribution in [0.5, 0.6) is 0 Å². The maximum absolute atomic E-state index is 13.5. The van der Waals surface area contributed by atoms with Crippen LogP contribution in [0.2, 0.25) is 5.02 Å². The lowest BCUT2D eigenvalue weighted by Crippen LogP contribution is -2.37. The average molecular weight is 585 g/mol. The molecule has 1 atom stereocenters. The minimum Gasteiger partial charge on any atom is -0.393 e. The van der Waals surface area contributed by atoms with Crippen molar-refractivity contribution in [1.29, 1.82) is 0 Å². The zero-order valence-corrected chi connectivity index (χ0v) is 24.1. The number of rotatable bonds is 9. The fourth-order valence-corrected chi connectivity index (χ4v) is 5.44. The number of piperidine rings is 1. The van der Waals surface area contributed by atoms with Crippen LogP contribution in [0.25, 0.3) is 10.9 Å². The van der Waals surface area contributed by atoms with E-state index in [2.05, 4.69) is 26.4 Å². The van der Waals surface area contributed by atoms with Crippen molar-refractivity contribution in [3.8, 4) is 12.3 Å². The van der Waals surface area contributed by atoms with Crippen molar-refractivity contribution >= 4 is 28.4 Å². The third-order valence-corrected chi connectivity index (χ3v) is 7.94. The first kappa shape index (κ1) is 29.4. The topological polar surface area (TPSA) is 112 Å². The Morgan fingerprint density at radius 1 is 1.21 bits per heavy atom. The molecule has 216 valence electrons. The number of fused-ring (bicyclic) bond motifs is 1. The SMILES string of the molecule is C#CCNC(c1ccc(C(=O)NCc2cccnc2)cc1)c1cc2c(=O)n(C)c(CN3CCC(O)CC3)nc2cc1Cl. The molecule has 0 saturated carbocycles. The highest BCUT2D eigenvalue weighted by atomic mass is 35.5. The summed E-state index contributed by atoms with van der Waals surface area (Å²) in [6, 6.07) is 14.0. The Morgan fingerprint density at radius 2 is 1.98 bits per heavy atom. The molecule has 2 aromatic heterocycles. The number of hydrogen-bond acceptors (Lipinski definition) is 7. The van der Waals surface area contributed by atoms with E-state index < -0.39 is 6.04 Å². The van der Waals surface area contributed by atoms with Crippen molar-refractivity contribution in [3.05, 3.63) is 104 Å². The van der Waals surface area contributed by atoms with Crippen LogP contribution < -0.4 is 16.2 Å². The first-order chi connectivity index (χ1) is 20.3. The van der Waals surface area contributed by atoms with E-state index in [1.165, 1.54) is 0 Å². The molecule has 1 fully saturated rings. The standard InChI is InChI=1S/C32H33ClN6O3/c1-3-12-35-30(22-6-8-23(9-7-22)31(41)36-19-21-5-4-13-34-18-21)25-16-26-28(17-27(25)33)37-29(38(2)32(26)42)20-39-14-10-24(40)11-15-39/h1,4-9,13,16-18,24,30,35,40H,10-12,14-15,19-20H2,2H3,(H,36,41). The van der Waals surface area contributed by atoms with E-state index in [1.807, 2.05) is 24.3 Å². The van der Waals surface area contributed by atoms with Gasteiger partial charge in [0.2, 0.25) is 0 Å². The van der Waals surface area contributed by atoms with Gasteiger partial charge in [-0.3, -0.25) is 29.4 Å². The van der Waals surface area contributed by atoms with Crippen molar-refractivity contribution in [2.75, 3.05) is 19.6 Å². The van der Waals surface area contributed by atoms with Gasteiger partial charge in [-0.1, -0.05) is 35.7 Å². The fourth-order valence-electron chi connectivity index (χ4n) is 5.18. The number of amides is 1. The molecule has 4 aromatic rings. The molecule has 0 spiro atoms. The Kier molecular flexibility index (Phi) is 9.30. The molecule has 3 heterocycles. The van der Waals surface area contributed by atoms with Gasteiger partial charge in [0, 0.05) is 49.7 Å². The van der Waals surface area contributed by atoms with Crippen molar-refractivity contribution in [2.24, 2.45) is 7.05 Å². The molecular formula is C32H33ClN6O3. The summed E-state index contributed by atoms with van der Waals surface area (Å²) in [5.74, 6) is 3.05. The third kappa shape index (κ3) is 6.69. The molecule has 1 saturated heterocycles. The van der Waals surface area contributed by atoms with Crippen LogP contribution in [-0.4, -0.2) is 56.2 Å². The van der Waals surface area contributed by atoms with Crippen molar-refractivity contribution < 1.29 is 9.90 Å². The number of carbonyl (C=O) groups is 1. The number of nitrogens with one attached hydrogen (secondary N) is 2. The Hall–Kier alpha value is -4.07. The third-order valence-electron chi connectivity index (χ3n) is 7.61. The molecule has 1 aliphatic heterocycles. The van der Waals surface area contributed by atoms with Crippen LogP contribution in [0.1, 0.15) is 51.8 Å². The van der Waals surface area contributed by atoms with Crippen LogP contribution in [0.3, 0.4) is 0 Å². The molecule has 1 amide bonds. The van der Waals surface area contributed by atoms with E-state index in [-0.39, 0.29) is 24.1 Å². The van der Waals surface area contributed by atoms with Crippen molar-refractivity contribution in [2.45, 2.75) is 38.1 Å². The molecule has 42 heavy (non-hydrogen) atoms. The van der Waals surface area contributed by atoms with E-state index in [9.17, 15) is 14.7 Å². The zero-order valence-electron chi connectivity index (χ0n) is 23.4. The van der Waals surface area contributed by atoms with Gasteiger partial charge in [0.15, 0.2) is 0 Å². The lowest BCUT2D eigenvalue weighted by molar-refractivity contribution is 0.0775. The number of hydrogen-bond donors (Lipinski definition) is 3. The summed E-state index contributed by atoms with van der Waals surface area (Å²) >= 11 is 6.81. The average Bonchev–Trinajstić information content (AvgIpc) is 3.01. The minimum absolute atomic E-state index is 0.165. The lowest BCUT2D eigenvalue weighted by Gasteiger charge is -2.29. The number of terminal acetylenes is 1. The summed E-state index contributed by atoms with van der Waals surface area (Å²) < 4.78 is 1.58. The highest BCUT2D eigenvalue weighted by Crippen LogP contribution is 2.31. The number of nitrogens with zero attached hydrogens (tertiary/aromatic N) is 4. The molecular weight excluding hydrogens is 552 g/mol. The summed E-state index contributed by atoms with van der Waals surface area (Å²) in [5, 5.41) is 16.9. The summed E-state index contributed by atoms with van der Waals surface area (Å²) in [5.41, 5.74) is 3.30.